The largest absolute Gasteiger partial charge is 0.478 e. The van der Waals surface area contributed by atoms with Crippen molar-refractivity contribution in [1.29, 1.82) is 0 Å². The fraction of sp³-hybridized carbons (Fsp3) is 0.231. The van der Waals surface area contributed by atoms with Gasteiger partial charge in [-0.05, 0) is 26.0 Å². The normalized spacial score (nSPS) is 10.5. The van der Waals surface area contributed by atoms with E-state index in [2.05, 4.69) is 5.10 Å². The molecule has 0 radical (unpaired) electrons. The summed E-state index contributed by atoms with van der Waals surface area (Å²) in [5.74, 6) is -0.369. The Balaban J connectivity index is 2.50. The average Bonchev–Trinajstić information content (AvgIpc) is 2.55. The summed E-state index contributed by atoms with van der Waals surface area (Å²) >= 11 is 5.89. The van der Waals surface area contributed by atoms with Crippen LogP contribution in [-0.4, -0.2) is 20.9 Å². The van der Waals surface area contributed by atoms with Gasteiger partial charge in [0.15, 0.2) is 5.75 Å². The minimum Gasteiger partial charge on any atom is -0.478 e. The second-order valence-corrected chi connectivity index (χ2v) is 4.55. The number of carboxylic acids is 1. The topological polar surface area (TPSA) is 64.4 Å². The standard InChI is InChI=1S/C13H13ClN2O3/c1-7-12(8(2)16(3)15-7)19-10-6-4-5-9(14)11(10)13(17)18/h4-6H,1-3H3,(H,17,18). The molecule has 6 heteroatoms. The van der Waals surface area contributed by atoms with Gasteiger partial charge in [0.25, 0.3) is 0 Å². The molecular formula is C13H13ClN2O3. The van der Waals surface area contributed by atoms with E-state index in [0.717, 1.165) is 5.69 Å². The number of nitrogens with zero attached hydrogens (tertiary/aromatic N) is 2. The van der Waals surface area contributed by atoms with Crippen molar-refractivity contribution in [2.24, 2.45) is 7.05 Å². The first kappa shape index (κ1) is 13.4. The molecule has 0 aliphatic carbocycles. The van der Waals surface area contributed by atoms with Gasteiger partial charge in [0.2, 0.25) is 0 Å². The quantitative estimate of drug-likeness (QED) is 0.938. The van der Waals surface area contributed by atoms with Crippen molar-refractivity contribution in [1.82, 2.24) is 9.78 Å². The number of rotatable bonds is 3. The van der Waals surface area contributed by atoms with E-state index < -0.39 is 5.97 Å². The van der Waals surface area contributed by atoms with Crippen molar-refractivity contribution in [2.75, 3.05) is 0 Å². The van der Waals surface area contributed by atoms with Gasteiger partial charge in [-0.25, -0.2) is 4.79 Å². The molecule has 19 heavy (non-hydrogen) atoms. The minimum absolute atomic E-state index is 0.0492. The maximum Gasteiger partial charge on any atom is 0.341 e. The smallest absolute Gasteiger partial charge is 0.341 e. The number of aromatic nitrogens is 2. The van der Waals surface area contributed by atoms with E-state index in [1.807, 2.05) is 6.92 Å². The zero-order chi connectivity index (χ0) is 14.2. The van der Waals surface area contributed by atoms with Crippen LogP contribution < -0.4 is 4.74 Å². The van der Waals surface area contributed by atoms with Gasteiger partial charge in [-0.2, -0.15) is 5.10 Å². The summed E-state index contributed by atoms with van der Waals surface area (Å²) in [6, 6.07) is 4.73. The van der Waals surface area contributed by atoms with Crippen LogP contribution in [0.5, 0.6) is 11.5 Å². The molecule has 0 saturated carbocycles. The summed E-state index contributed by atoms with van der Waals surface area (Å²) in [6.07, 6.45) is 0. The summed E-state index contributed by atoms with van der Waals surface area (Å²) in [6.45, 7) is 3.65. The van der Waals surface area contributed by atoms with Gasteiger partial charge in [0.1, 0.15) is 17.0 Å². The summed E-state index contributed by atoms with van der Waals surface area (Å²) < 4.78 is 7.36. The predicted molar refractivity (Wildman–Crippen MR) is 71.2 cm³/mol. The average molecular weight is 281 g/mol. The first-order valence-corrected chi connectivity index (χ1v) is 5.99. The van der Waals surface area contributed by atoms with Crippen LogP contribution in [0, 0.1) is 13.8 Å². The molecule has 1 heterocycles. The molecule has 0 unspecified atom stereocenters. The molecule has 1 aromatic heterocycles. The van der Waals surface area contributed by atoms with Gasteiger partial charge in [-0.3, -0.25) is 4.68 Å². The van der Waals surface area contributed by atoms with E-state index in [0.29, 0.717) is 11.4 Å². The molecule has 1 N–H and O–H groups in total. The summed E-state index contributed by atoms with van der Waals surface area (Å²) in [5.41, 5.74) is 1.46. The Morgan fingerprint density at radius 3 is 2.63 bits per heavy atom. The molecule has 1 aromatic carbocycles. The number of carbonyl (C=O) groups is 1. The molecule has 5 nitrogen and oxygen atoms in total. The predicted octanol–water partition coefficient (Wildman–Crippen LogP) is 3.18. The molecule has 0 spiro atoms. The first-order chi connectivity index (χ1) is 8.91. The number of aromatic carboxylic acids is 1. The molecule has 0 aliphatic rings. The van der Waals surface area contributed by atoms with Gasteiger partial charge in [-0.15, -0.1) is 0 Å². The third-order valence-electron chi connectivity index (χ3n) is 2.84. The van der Waals surface area contributed by atoms with Crippen molar-refractivity contribution in [3.8, 4) is 11.5 Å². The fourth-order valence-corrected chi connectivity index (χ4v) is 2.06. The first-order valence-electron chi connectivity index (χ1n) is 5.61. The molecule has 0 aliphatic heterocycles. The van der Waals surface area contributed by atoms with Crippen molar-refractivity contribution in [2.45, 2.75) is 13.8 Å². The second kappa shape index (κ2) is 4.93. The molecule has 0 amide bonds. The number of aryl methyl sites for hydroxylation is 2. The number of hydrogen-bond donors (Lipinski definition) is 1. The van der Waals surface area contributed by atoms with Crippen LogP contribution in [-0.2, 0) is 7.05 Å². The van der Waals surface area contributed by atoms with Crippen molar-refractivity contribution in [3.05, 3.63) is 40.2 Å². The van der Waals surface area contributed by atoms with Crippen LogP contribution in [0.3, 0.4) is 0 Å². The lowest BCUT2D eigenvalue weighted by Gasteiger charge is -2.10. The Hall–Kier alpha value is -2.01. The van der Waals surface area contributed by atoms with Crippen LogP contribution in [0.15, 0.2) is 18.2 Å². The zero-order valence-corrected chi connectivity index (χ0v) is 11.5. The summed E-state index contributed by atoms with van der Waals surface area (Å²) in [5, 5.41) is 13.5. The van der Waals surface area contributed by atoms with Gasteiger partial charge in [0.05, 0.1) is 10.7 Å². The fourth-order valence-electron chi connectivity index (χ4n) is 1.81. The molecular weight excluding hydrogens is 268 g/mol. The third-order valence-corrected chi connectivity index (χ3v) is 3.16. The number of halogens is 1. The van der Waals surface area contributed by atoms with E-state index in [1.165, 1.54) is 6.07 Å². The summed E-state index contributed by atoms with van der Waals surface area (Å²) in [7, 11) is 1.80. The van der Waals surface area contributed by atoms with Crippen LogP contribution in [0.2, 0.25) is 5.02 Å². The van der Waals surface area contributed by atoms with Gasteiger partial charge < -0.3 is 9.84 Å². The highest BCUT2D eigenvalue weighted by atomic mass is 35.5. The molecule has 2 aromatic rings. The number of ether oxygens (including phenoxy) is 1. The van der Waals surface area contributed by atoms with Gasteiger partial charge >= 0.3 is 5.97 Å². The van der Waals surface area contributed by atoms with Crippen LogP contribution in [0.4, 0.5) is 0 Å². The Bertz CT molecular complexity index is 650. The highest BCUT2D eigenvalue weighted by molar-refractivity contribution is 6.33. The van der Waals surface area contributed by atoms with E-state index in [9.17, 15) is 9.90 Å². The summed E-state index contributed by atoms with van der Waals surface area (Å²) in [4.78, 5) is 11.2. The van der Waals surface area contributed by atoms with E-state index in [-0.39, 0.29) is 16.3 Å². The van der Waals surface area contributed by atoms with Crippen molar-refractivity contribution >= 4 is 17.6 Å². The van der Waals surface area contributed by atoms with E-state index in [1.54, 1.807) is 30.8 Å². The molecule has 0 atom stereocenters. The lowest BCUT2D eigenvalue weighted by molar-refractivity contribution is 0.0694. The lowest BCUT2D eigenvalue weighted by atomic mass is 10.2. The van der Waals surface area contributed by atoms with Crippen LogP contribution in [0.25, 0.3) is 0 Å². The van der Waals surface area contributed by atoms with Crippen LogP contribution in [0.1, 0.15) is 21.7 Å². The van der Waals surface area contributed by atoms with Gasteiger partial charge in [0, 0.05) is 7.05 Å². The monoisotopic (exact) mass is 280 g/mol. The molecule has 0 bridgehead atoms. The Labute approximate surface area is 115 Å². The number of hydrogen-bond acceptors (Lipinski definition) is 3. The lowest BCUT2D eigenvalue weighted by Crippen LogP contribution is -2.01. The molecule has 0 saturated heterocycles. The number of carboxylic acid groups (broad SMARTS) is 1. The zero-order valence-electron chi connectivity index (χ0n) is 10.8. The second-order valence-electron chi connectivity index (χ2n) is 4.14. The minimum atomic E-state index is -1.13. The van der Waals surface area contributed by atoms with E-state index >= 15 is 0 Å². The number of benzene rings is 1. The highest BCUT2D eigenvalue weighted by Crippen LogP contribution is 2.33. The Morgan fingerprint density at radius 2 is 2.11 bits per heavy atom. The Kier molecular flexibility index (Phi) is 3.48. The van der Waals surface area contributed by atoms with Crippen molar-refractivity contribution < 1.29 is 14.6 Å². The highest BCUT2D eigenvalue weighted by Gasteiger charge is 2.19. The Morgan fingerprint density at radius 1 is 1.42 bits per heavy atom. The van der Waals surface area contributed by atoms with Crippen molar-refractivity contribution in [3.63, 3.8) is 0 Å². The molecule has 0 fully saturated rings. The molecule has 100 valence electrons. The SMILES string of the molecule is Cc1nn(C)c(C)c1Oc1cccc(Cl)c1C(=O)O. The maximum atomic E-state index is 11.2. The van der Waals surface area contributed by atoms with E-state index in [4.69, 9.17) is 16.3 Å². The van der Waals surface area contributed by atoms with Gasteiger partial charge in [-0.1, -0.05) is 17.7 Å². The van der Waals surface area contributed by atoms with Crippen LogP contribution >= 0.6 is 11.6 Å². The maximum absolute atomic E-state index is 11.2. The third kappa shape index (κ3) is 2.42. The molecule has 2 rings (SSSR count).